The molecule has 1 N–H and O–H groups in total. The summed E-state index contributed by atoms with van der Waals surface area (Å²) >= 11 is 0. The summed E-state index contributed by atoms with van der Waals surface area (Å²) in [4.78, 5) is 15.9. The minimum absolute atomic E-state index is 0.189. The molecule has 1 aromatic heterocycles. The maximum absolute atomic E-state index is 12.0. The molecule has 2 rings (SSSR count). The Morgan fingerprint density at radius 1 is 1.45 bits per heavy atom. The molecule has 1 amide bonds. The van der Waals surface area contributed by atoms with Gasteiger partial charge in [0.1, 0.15) is 0 Å². The molecule has 4 heteroatoms. The molecule has 1 aliphatic carbocycles. The van der Waals surface area contributed by atoms with Crippen molar-refractivity contribution in [3.63, 3.8) is 0 Å². The third-order valence-corrected chi connectivity index (χ3v) is 3.99. The molecule has 1 aliphatic rings. The van der Waals surface area contributed by atoms with Crippen LogP contribution in [0.1, 0.15) is 50.4 Å². The van der Waals surface area contributed by atoms with Gasteiger partial charge >= 0.3 is 0 Å². The number of amides is 1. The molecular weight excluding hydrogens is 250 g/mol. The highest BCUT2D eigenvalue weighted by atomic mass is 16.2. The van der Waals surface area contributed by atoms with Gasteiger partial charge in [-0.2, -0.15) is 5.10 Å². The average Bonchev–Trinajstić information content (AvgIpc) is 2.45. The minimum atomic E-state index is -0.189. The van der Waals surface area contributed by atoms with Crippen LogP contribution in [-0.2, 0) is 0 Å². The first-order valence-electron chi connectivity index (χ1n) is 7.34. The van der Waals surface area contributed by atoms with Gasteiger partial charge in [-0.15, -0.1) is 0 Å². The summed E-state index contributed by atoms with van der Waals surface area (Å²) in [6.07, 6.45) is 6.61. The summed E-state index contributed by atoms with van der Waals surface area (Å²) in [7, 11) is 0. The number of carbonyl (C=O) groups excluding carboxylic acids is 1. The van der Waals surface area contributed by atoms with Gasteiger partial charge in [0, 0.05) is 24.0 Å². The van der Waals surface area contributed by atoms with Crippen molar-refractivity contribution in [2.75, 3.05) is 0 Å². The summed E-state index contributed by atoms with van der Waals surface area (Å²) in [5.74, 6) is 1.52. The average molecular weight is 273 g/mol. The van der Waals surface area contributed by atoms with Crippen molar-refractivity contribution in [1.29, 1.82) is 0 Å². The van der Waals surface area contributed by atoms with Crippen molar-refractivity contribution in [2.24, 2.45) is 22.9 Å². The maximum Gasteiger partial charge on any atom is 0.272 e. The Balaban J connectivity index is 2.06. The number of pyridine rings is 1. The second-order valence-electron chi connectivity index (χ2n) is 6.02. The normalized spacial score (nSPS) is 24.9. The Bertz CT molecular complexity index is 482. The Morgan fingerprint density at radius 3 is 2.90 bits per heavy atom. The molecule has 108 valence electrons. The van der Waals surface area contributed by atoms with Crippen LogP contribution in [0, 0.1) is 17.8 Å². The van der Waals surface area contributed by atoms with E-state index in [0.717, 1.165) is 12.1 Å². The second-order valence-corrected chi connectivity index (χ2v) is 6.02. The fraction of sp³-hybridized carbons (Fsp3) is 0.562. The van der Waals surface area contributed by atoms with E-state index in [9.17, 15) is 4.79 Å². The van der Waals surface area contributed by atoms with Gasteiger partial charge in [-0.05, 0) is 43.2 Å². The van der Waals surface area contributed by atoms with E-state index >= 15 is 0 Å². The second kappa shape index (κ2) is 6.64. The van der Waals surface area contributed by atoms with Crippen LogP contribution in [0.15, 0.2) is 29.6 Å². The summed E-state index contributed by atoms with van der Waals surface area (Å²) in [6, 6.07) is 3.49. The summed E-state index contributed by atoms with van der Waals surface area (Å²) in [5.41, 5.74) is 4.36. The van der Waals surface area contributed by atoms with Crippen LogP contribution in [0.2, 0.25) is 0 Å². The number of hydrazone groups is 1. The number of carbonyl (C=O) groups is 1. The van der Waals surface area contributed by atoms with Crippen molar-refractivity contribution in [1.82, 2.24) is 10.4 Å². The molecule has 1 heterocycles. The first kappa shape index (κ1) is 14.7. The van der Waals surface area contributed by atoms with E-state index in [-0.39, 0.29) is 5.91 Å². The first-order chi connectivity index (χ1) is 9.58. The third-order valence-electron chi connectivity index (χ3n) is 3.99. The molecule has 0 aromatic carbocycles. The molecule has 0 bridgehead atoms. The molecule has 1 saturated carbocycles. The van der Waals surface area contributed by atoms with E-state index < -0.39 is 0 Å². The van der Waals surface area contributed by atoms with Gasteiger partial charge in [-0.1, -0.05) is 20.8 Å². The Labute approximate surface area is 120 Å². The van der Waals surface area contributed by atoms with E-state index in [1.54, 1.807) is 24.5 Å². The molecule has 1 aromatic rings. The van der Waals surface area contributed by atoms with Crippen LogP contribution in [-0.4, -0.2) is 16.6 Å². The van der Waals surface area contributed by atoms with E-state index in [1.807, 2.05) is 0 Å². The third kappa shape index (κ3) is 3.65. The lowest BCUT2D eigenvalue weighted by Gasteiger charge is -2.30. The monoisotopic (exact) mass is 273 g/mol. The number of nitrogens with zero attached hydrogens (tertiary/aromatic N) is 2. The Kier molecular flexibility index (Phi) is 4.88. The zero-order valence-corrected chi connectivity index (χ0v) is 12.5. The fourth-order valence-electron chi connectivity index (χ4n) is 2.77. The smallest absolute Gasteiger partial charge is 0.267 e. The molecule has 4 nitrogen and oxygen atoms in total. The number of rotatable bonds is 3. The molecule has 0 saturated heterocycles. The summed E-state index contributed by atoms with van der Waals surface area (Å²) < 4.78 is 0. The Hall–Kier alpha value is -1.71. The van der Waals surface area contributed by atoms with Crippen molar-refractivity contribution in [3.8, 4) is 0 Å². The van der Waals surface area contributed by atoms with Gasteiger partial charge in [0.15, 0.2) is 0 Å². The van der Waals surface area contributed by atoms with Gasteiger partial charge in [0.05, 0.1) is 5.56 Å². The molecule has 1 fully saturated rings. The van der Waals surface area contributed by atoms with Crippen molar-refractivity contribution < 1.29 is 4.79 Å². The largest absolute Gasteiger partial charge is 0.272 e. The van der Waals surface area contributed by atoms with E-state index in [4.69, 9.17) is 0 Å². The summed E-state index contributed by atoms with van der Waals surface area (Å²) in [6.45, 7) is 6.69. The first-order valence-corrected chi connectivity index (χ1v) is 7.34. The highest BCUT2D eigenvalue weighted by molar-refractivity contribution is 5.95. The van der Waals surface area contributed by atoms with Gasteiger partial charge in [0.2, 0.25) is 0 Å². The van der Waals surface area contributed by atoms with Gasteiger partial charge < -0.3 is 0 Å². The highest BCUT2D eigenvalue weighted by Crippen LogP contribution is 2.31. The SMILES string of the molecule is CC(C)[C@@H]1CC[C@H](C)C/C1=N/NC(=O)c1cccnc1. The molecule has 20 heavy (non-hydrogen) atoms. The molecule has 0 radical (unpaired) electrons. The van der Waals surface area contributed by atoms with Crippen LogP contribution < -0.4 is 5.43 Å². The number of hydrogen-bond donors (Lipinski definition) is 1. The number of hydrogen-bond acceptors (Lipinski definition) is 3. The van der Waals surface area contributed by atoms with Gasteiger partial charge in [-0.3, -0.25) is 9.78 Å². The molecule has 0 spiro atoms. The highest BCUT2D eigenvalue weighted by Gasteiger charge is 2.27. The molecule has 0 aliphatic heterocycles. The fourth-order valence-corrected chi connectivity index (χ4v) is 2.77. The topological polar surface area (TPSA) is 54.4 Å². The van der Waals surface area contributed by atoms with Crippen LogP contribution in [0.5, 0.6) is 0 Å². The minimum Gasteiger partial charge on any atom is -0.267 e. The van der Waals surface area contributed by atoms with E-state index in [2.05, 4.69) is 36.3 Å². The molecule has 2 atom stereocenters. The Morgan fingerprint density at radius 2 is 2.25 bits per heavy atom. The predicted octanol–water partition coefficient (Wildman–Crippen LogP) is 3.26. The molecular formula is C16H23N3O. The summed E-state index contributed by atoms with van der Waals surface area (Å²) in [5, 5.41) is 4.40. The van der Waals surface area contributed by atoms with Crippen LogP contribution in [0.4, 0.5) is 0 Å². The van der Waals surface area contributed by atoms with Crippen LogP contribution in [0.3, 0.4) is 0 Å². The van der Waals surface area contributed by atoms with Gasteiger partial charge in [0.25, 0.3) is 5.91 Å². The van der Waals surface area contributed by atoms with Crippen molar-refractivity contribution in [2.45, 2.75) is 40.0 Å². The molecule has 0 unspecified atom stereocenters. The van der Waals surface area contributed by atoms with Crippen molar-refractivity contribution >= 4 is 11.6 Å². The predicted molar refractivity (Wildman–Crippen MR) is 80.5 cm³/mol. The number of nitrogens with one attached hydrogen (secondary N) is 1. The van der Waals surface area contributed by atoms with Crippen LogP contribution >= 0.6 is 0 Å². The quantitative estimate of drug-likeness (QED) is 0.859. The lowest BCUT2D eigenvalue weighted by molar-refractivity contribution is 0.0953. The number of aromatic nitrogens is 1. The lowest BCUT2D eigenvalue weighted by atomic mass is 9.76. The zero-order chi connectivity index (χ0) is 14.5. The van der Waals surface area contributed by atoms with E-state index in [0.29, 0.717) is 23.3 Å². The van der Waals surface area contributed by atoms with Gasteiger partial charge in [-0.25, -0.2) is 5.43 Å². The standard InChI is InChI=1S/C16H23N3O/c1-11(2)14-7-6-12(3)9-15(14)18-19-16(20)13-5-4-8-17-10-13/h4-5,8,10-12,14H,6-7,9H2,1-3H3,(H,19,20)/b18-15-/t12-,14-/m0/s1. The zero-order valence-electron chi connectivity index (χ0n) is 12.5. The maximum atomic E-state index is 12.0. The van der Waals surface area contributed by atoms with Crippen LogP contribution in [0.25, 0.3) is 0 Å². The van der Waals surface area contributed by atoms with Crippen molar-refractivity contribution in [3.05, 3.63) is 30.1 Å². The van der Waals surface area contributed by atoms with E-state index in [1.165, 1.54) is 12.8 Å². The lowest BCUT2D eigenvalue weighted by Crippen LogP contribution is -2.31.